The van der Waals surface area contributed by atoms with Crippen LogP contribution in [0.15, 0.2) is 36.4 Å². The van der Waals surface area contributed by atoms with Crippen LogP contribution in [0.5, 0.6) is 0 Å². The molecule has 18 heavy (non-hydrogen) atoms. The topological polar surface area (TPSA) is 20.2 Å². The molecule has 2 aromatic rings. The first-order chi connectivity index (χ1) is 8.49. The second-order valence-corrected chi connectivity index (χ2v) is 5.09. The van der Waals surface area contributed by atoms with Gasteiger partial charge in [-0.3, -0.25) is 0 Å². The van der Waals surface area contributed by atoms with Crippen LogP contribution < -0.4 is 10.9 Å². The van der Waals surface area contributed by atoms with E-state index in [9.17, 15) is 5.02 Å². The molecule has 2 rings (SSSR count). The van der Waals surface area contributed by atoms with Crippen LogP contribution in [-0.4, -0.2) is 11.9 Å². The fourth-order valence-electron chi connectivity index (χ4n) is 2.06. The summed E-state index contributed by atoms with van der Waals surface area (Å²) in [4.78, 5) is 0. The van der Waals surface area contributed by atoms with Crippen molar-refractivity contribution in [3.8, 4) is 0 Å². The fourth-order valence-corrected chi connectivity index (χ4v) is 2.06. The van der Waals surface area contributed by atoms with E-state index < -0.39 is 6.92 Å². The Morgan fingerprint density at radius 3 is 1.39 bits per heavy atom. The summed E-state index contributed by atoms with van der Waals surface area (Å²) in [5.74, 6) is 0. The smallest absolute Gasteiger partial charge is 0.358 e. The van der Waals surface area contributed by atoms with Gasteiger partial charge in [0.2, 0.25) is 0 Å². The molecule has 0 saturated carbocycles. The van der Waals surface area contributed by atoms with E-state index in [0.29, 0.717) is 0 Å². The number of hydrogen-bond acceptors (Lipinski definition) is 1. The van der Waals surface area contributed by atoms with Crippen molar-refractivity contribution in [1.82, 2.24) is 0 Å². The first kappa shape index (κ1) is 12.9. The van der Waals surface area contributed by atoms with Crippen LogP contribution in [-0.2, 0) is 0 Å². The normalized spacial score (nSPS) is 10.5. The maximum absolute atomic E-state index is 10.4. The molecule has 2 aromatic carbocycles. The van der Waals surface area contributed by atoms with Crippen LogP contribution >= 0.6 is 0 Å². The predicted octanol–water partition coefficient (Wildman–Crippen LogP) is 2.02. The summed E-state index contributed by atoms with van der Waals surface area (Å²) in [6.07, 6.45) is 0. The molecule has 0 fully saturated rings. The highest BCUT2D eigenvalue weighted by atomic mass is 16.2. The molecule has 0 unspecified atom stereocenters. The molecular formula is C16H19BO. The monoisotopic (exact) mass is 238 g/mol. The summed E-state index contributed by atoms with van der Waals surface area (Å²) < 4.78 is 0. The molecule has 0 amide bonds. The van der Waals surface area contributed by atoms with Gasteiger partial charge in [0.05, 0.1) is 0 Å². The van der Waals surface area contributed by atoms with E-state index in [1.54, 1.807) is 0 Å². The van der Waals surface area contributed by atoms with Gasteiger partial charge >= 0.3 is 6.92 Å². The summed E-state index contributed by atoms with van der Waals surface area (Å²) in [6, 6.07) is 12.3. The van der Waals surface area contributed by atoms with Crippen LogP contribution in [0.3, 0.4) is 0 Å². The quantitative estimate of drug-likeness (QED) is 0.793. The Morgan fingerprint density at radius 1 is 0.667 bits per heavy atom. The lowest BCUT2D eigenvalue weighted by molar-refractivity contribution is 0.600. The summed E-state index contributed by atoms with van der Waals surface area (Å²) >= 11 is 0. The zero-order valence-corrected chi connectivity index (χ0v) is 11.5. The Balaban J connectivity index is 2.37. The molecular weight excluding hydrogens is 219 g/mol. The van der Waals surface area contributed by atoms with Gasteiger partial charge in [-0.2, -0.15) is 0 Å². The molecule has 0 aliphatic heterocycles. The van der Waals surface area contributed by atoms with E-state index >= 15 is 0 Å². The van der Waals surface area contributed by atoms with Crippen molar-refractivity contribution in [2.24, 2.45) is 0 Å². The van der Waals surface area contributed by atoms with Crippen LogP contribution in [0.1, 0.15) is 22.3 Å². The van der Waals surface area contributed by atoms with Gasteiger partial charge in [0.15, 0.2) is 0 Å². The van der Waals surface area contributed by atoms with Crippen LogP contribution in [0.25, 0.3) is 0 Å². The second-order valence-electron chi connectivity index (χ2n) is 5.09. The highest BCUT2D eigenvalue weighted by molar-refractivity contribution is 6.78. The first-order valence-corrected chi connectivity index (χ1v) is 6.31. The molecule has 1 nitrogen and oxygen atoms in total. The Labute approximate surface area is 110 Å². The van der Waals surface area contributed by atoms with Crippen LogP contribution in [0, 0.1) is 27.7 Å². The minimum Gasteiger partial charge on any atom is -0.443 e. The van der Waals surface area contributed by atoms with Crippen molar-refractivity contribution in [2.45, 2.75) is 27.7 Å². The van der Waals surface area contributed by atoms with Crippen LogP contribution in [0.2, 0.25) is 0 Å². The van der Waals surface area contributed by atoms with Gasteiger partial charge in [-0.15, -0.1) is 0 Å². The minimum atomic E-state index is -0.538. The third-order valence-electron chi connectivity index (χ3n) is 3.69. The second kappa shape index (κ2) is 4.99. The molecule has 0 aromatic heterocycles. The van der Waals surface area contributed by atoms with Gasteiger partial charge in [0.25, 0.3) is 0 Å². The Morgan fingerprint density at radius 2 is 1.06 bits per heavy atom. The Bertz CT molecular complexity index is 524. The molecule has 0 heterocycles. The van der Waals surface area contributed by atoms with Crippen molar-refractivity contribution < 1.29 is 5.02 Å². The number of hydrogen-bond donors (Lipinski definition) is 1. The van der Waals surface area contributed by atoms with Gasteiger partial charge < -0.3 is 5.02 Å². The molecule has 0 saturated heterocycles. The average molecular weight is 238 g/mol. The van der Waals surface area contributed by atoms with E-state index in [2.05, 4.69) is 52.0 Å². The van der Waals surface area contributed by atoms with Crippen LogP contribution in [0.4, 0.5) is 0 Å². The third-order valence-corrected chi connectivity index (χ3v) is 3.69. The molecule has 92 valence electrons. The van der Waals surface area contributed by atoms with Crippen molar-refractivity contribution in [3.05, 3.63) is 58.7 Å². The van der Waals surface area contributed by atoms with E-state index in [1.165, 1.54) is 22.3 Å². The minimum absolute atomic E-state index is 0.538. The SMILES string of the molecule is Cc1ccc(B(O)c2ccc(C)c(C)c2)cc1C. The molecule has 0 radical (unpaired) electrons. The van der Waals surface area contributed by atoms with E-state index in [0.717, 1.165) is 10.9 Å². The van der Waals surface area contributed by atoms with Gasteiger partial charge in [-0.1, -0.05) is 36.4 Å². The molecule has 0 atom stereocenters. The molecule has 0 bridgehead atoms. The number of benzene rings is 2. The molecule has 1 N–H and O–H groups in total. The maximum atomic E-state index is 10.4. The molecule has 0 aliphatic rings. The zero-order chi connectivity index (χ0) is 13.3. The van der Waals surface area contributed by atoms with E-state index in [4.69, 9.17) is 0 Å². The van der Waals surface area contributed by atoms with Gasteiger partial charge in [-0.05, 0) is 60.9 Å². The Kier molecular flexibility index (Phi) is 3.58. The number of rotatable bonds is 2. The third kappa shape index (κ3) is 2.49. The van der Waals surface area contributed by atoms with E-state index in [-0.39, 0.29) is 0 Å². The highest BCUT2D eigenvalue weighted by Gasteiger charge is 2.17. The van der Waals surface area contributed by atoms with Crippen molar-refractivity contribution >= 4 is 17.8 Å². The lowest BCUT2D eigenvalue weighted by Gasteiger charge is -2.11. The highest BCUT2D eigenvalue weighted by Crippen LogP contribution is 2.06. The average Bonchev–Trinajstić information content (AvgIpc) is 2.35. The standard InChI is InChI=1S/C16H19BO/c1-11-5-7-15(9-13(11)3)17(18)16-8-6-12(2)14(4)10-16/h5-10,18H,1-4H3. The summed E-state index contributed by atoms with van der Waals surface area (Å²) in [6.45, 7) is 7.78. The summed E-state index contributed by atoms with van der Waals surface area (Å²) in [5, 5.41) is 10.4. The predicted molar refractivity (Wildman–Crippen MR) is 79.1 cm³/mol. The first-order valence-electron chi connectivity index (χ1n) is 6.31. The van der Waals surface area contributed by atoms with Crippen molar-refractivity contribution in [3.63, 3.8) is 0 Å². The lowest BCUT2D eigenvalue weighted by atomic mass is 9.55. The fraction of sp³-hybridized carbons (Fsp3) is 0.250. The molecule has 2 heteroatoms. The van der Waals surface area contributed by atoms with Gasteiger partial charge in [0.1, 0.15) is 0 Å². The van der Waals surface area contributed by atoms with Gasteiger partial charge in [0, 0.05) is 0 Å². The van der Waals surface area contributed by atoms with Crippen molar-refractivity contribution in [2.75, 3.05) is 0 Å². The maximum Gasteiger partial charge on any atom is 0.358 e. The number of aryl methyl sites for hydroxylation is 4. The largest absolute Gasteiger partial charge is 0.443 e. The summed E-state index contributed by atoms with van der Waals surface area (Å²) in [7, 11) is 0. The van der Waals surface area contributed by atoms with Crippen molar-refractivity contribution in [1.29, 1.82) is 0 Å². The van der Waals surface area contributed by atoms with E-state index in [1.807, 2.05) is 12.1 Å². The zero-order valence-electron chi connectivity index (χ0n) is 11.5. The lowest BCUT2D eigenvalue weighted by Crippen LogP contribution is -2.42. The molecule has 0 aliphatic carbocycles. The summed E-state index contributed by atoms with van der Waals surface area (Å²) in [5.41, 5.74) is 6.87. The van der Waals surface area contributed by atoms with Gasteiger partial charge in [-0.25, -0.2) is 0 Å². The molecule has 0 spiro atoms. The Hall–Kier alpha value is -1.54.